The van der Waals surface area contributed by atoms with Gasteiger partial charge in [-0.3, -0.25) is 14.5 Å². The number of methoxy groups -OCH3 is 1. The van der Waals surface area contributed by atoms with E-state index in [0.717, 1.165) is 16.7 Å². The minimum atomic E-state index is -1.13. The summed E-state index contributed by atoms with van der Waals surface area (Å²) in [4.78, 5) is 24.7. The fourth-order valence-electron chi connectivity index (χ4n) is 2.64. The Morgan fingerprint density at radius 1 is 1.23 bits per heavy atom. The molecule has 1 heterocycles. The smallest absolute Gasteiger partial charge is 0.323 e. The summed E-state index contributed by atoms with van der Waals surface area (Å²) in [5.41, 5.74) is 1.33. The van der Waals surface area contributed by atoms with Gasteiger partial charge in [-0.05, 0) is 35.9 Å². The number of carbonyl (C=O) groups excluding carboxylic acids is 1. The Balaban J connectivity index is 1.79. The highest BCUT2D eigenvalue weighted by molar-refractivity contribution is 8.26. The molecule has 1 amide bonds. The van der Waals surface area contributed by atoms with Crippen LogP contribution in [0.5, 0.6) is 11.5 Å². The number of rotatable bonds is 7. The van der Waals surface area contributed by atoms with Gasteiger partial charge in [-0.1, -0.05) is 59.3 Å². The summed E-state index contributed by atoms with van der Waals surface area (Å²) in [6.07, 6.45) is 1.62. The molecular formula is C20H15Cl2NO5S2. The van der Waals surface area contributed by atoms with Gasteiger partial charge in [-0.15, -0.1) is 0 Å². The predicted octanol–water partition coefficient (Wildman–Crippen LogP) is 4.87. The number of carboxylic acid groups (broad SMARTS) is 1. The lowest BCUT2D eigenvalue weighted by Crippen LogP contribution is -2.33. The fraction of sp³-hybridized carbons (Fsp3) is 0.150. The zero-order valence-electron chi connectivity index (χ0n) is 15.6. The largest absolute Gasteiger partial charge is 0.493 e. The van der Waals surface area contributed by atoms with Crippen molar-refractivity contribution in [2.45, 2.75) is 6.61 Å². The van der Waals surface area contributed by atoms with Crippen molar-refractivity contribution in [1.82, 2.24) is 4.90 Å². The molecule has 1 aliphatic rings. The molecule has 2 aromatic carbocycles. The first-order chi connectivity index (χ1) is 14.3. The van der Waals surface area contributed by atoms with Crippen molar-refractivity contribution < 1.29 is 24.2 Å². The Morgan fingerprint density at radius 2 is 1.93 bits per heavy atom. The molecular weight excluding hydrogens is 469 g/mol. The van der Waals surface area contributed by atoms with Crippen molar-refractivity contribution >= 4 is 69.5 Å². The summed E-state index contributed by atoms with van der Waals surface area (Å²) in [5.74, 6) is -0.647. The zero-order valence-corrected chi connectivity index (χ0v) is 18.7. The third kappa shape index (κ3) is 5.07. The van der Waals surface area contributed by atoms with Gasteiger partial charge in [0.25, 0.3) is 5.91 Å². The van der Waals surface area contributed by atoms with Crippen LogP contribution in [-0.4, -0.2) is 39.9 Å². The van der Waals surface area contributed by atoms with Gasteiger partial charge >= 0.3 is 5.97 Å². The second-order valence-corrected chi connectivity index (χ2v) is 8.55. The van der Waals surface area contributed by atoms with E-state index in [1.165, 1.54) is 7.11 Å². The van der Waals surface area contributed by atoms with E-state index in [4.69, 9.17) is 50.0 Å². The molecule has 0 aromatic heterocycles. The molecule has 0 atom stereocenters. The molecule has 6 nitrogen and oxygen atoms in total. The molecule has 30 heavy (non-hydrogen) atoms. The Labute approximate surface area is 192 Å². The van der Waals surface area contributed by atoms with Crippen LogP contribution in [0.25, 0.3) is 6.08 Å². The van der Waals surface area contributed by atoms with E-state index in [2.05, 4.69) is 0 Å². The predicted molar refractivity (Wildman–Crippen MR) is 121 cm³/mol. The number of benzene rings is 2. The maximum absolute atomic E-state index is 12.4. The Morgan fingerprint density at radius 3 is 2.57 bits per heavy atom. The summed E-state index contributed by atoms with van der Waals surface area (Å²) in [6, 6.07) is 10.4. The highest BCUT2D eigenvalue weighted by Crippen LogP contribution is 2.35. The number of thioether (sulfide) groups is 1. The lowest BCUT2D eigenvalue weighted by molar-refractivity contribution is -0.140. The summed E-state index contributed by atoms with van der Waals surface area (Å²) >= 11 is 18.5. The molecule has 0 spiro atoms. The van der Waals surface area contributed by atoms with Crippen LogP contribution < -0.4 is 9.47 Å². The van der Waals surface area contributed by atoms with Gasteiger partial charge in [0.2, 0.25) is 0 Å². The number of hydrogen-bond donors (Lipinski definition) is 1. The standard InChI is InChI=1S/C20H15Cl2NO5S2/c1-27-16-7-11(8-17-19(26)23(9-18(24)25)20(29)30-17)5-6-15(16)28-10-12-13(21)3-2-4-14(12)22/h2-8H,9-10H2,1H3,(H,24,25)/b17-8+. The van der Waals surface area contributed by atoms with E-state index in [1.807, 2.05) is 0 Å². The van der Waals surface area contributed by atoms with Crippen LogP contribution in [0.15, 0.2) is 41.3 Å². The Bertz CT molecular complexity index is 1040. The third-order valence-electron chi connectivity index (χ3n) is 4.09. The Kier molecular flexibility index (Phi) is 7.25. The highest BCUT2D eigenvalue weighted by Gasteiger charge is 2.33. The number of aliphatic carboxylic acids is 1. The molecule has 2 aromatic rings. The van der Waals surface area contributed by atoms with Crippen LogP contribution in [0, 0.1) is 0 Å². The maximum atomic E-state index is 12.4. The van der Waals surface area contributed by atoms with Gasteiger partial charge in [0.15, 0.2) is 11.5 Å². The molecule has 0 unspecified atom stereocenters. The summed E-state index contributed by atoms with van der Waals surface area (Å²) in [7, 11) is 1.50. The fourth-order valence-corrected chi connectivity index (χ4v) is 4.40. The van der Waals surface area contributed by atoms with E-state index in [9.17, 15) is 9.59 Å². The highest BCUT2D eigenvalue weighted by atomic mass is 35.5. The molecule has 0 aliphatic carbocycles. The van der Waals surface area contributed by atoms with Gasteiger partial charge in [-0.25, -0.2) is 0 Å². The Hall–Kier alpha value is -2.26. The number of hydrogen-bond acceptors (Lipinski definition) is 6. The number of carbonyl (C=O) groups is 2. The van der Waals surface area contributed by atoms with Crippen molar-refractivity contribution in [2.24, 2.45) is 0 Å². The number of ether oxygens (including phenoxy) is 2. The SMILES string of the molecule is COc1cc(/C=C2/SC(=S)N(CC(=O)O)C2=O)ccc1OCc1c(Cl)cccc1Cl. The molecule has 1 aliphatic heterocycles. The first-order valence-electron chi connectivity index (χ1n) is 8.51. The number of halogens is 2. The lowest BCUT2D eigenvalue weighted by atomic mass is 10.1. The van der Waals surface area contributed by atoms with Gasteiger partial charge in [0.05, 0.1) is 12.0 Å². The normalized spacial score (nSPS) is 15.0. The van der Waals surface area contributed by atoms with Crippen LogP contribution in [-0.2, 0) is 16.2 Å². The molecule has 0 bridgehead atoms. The average molecular weight is 484 g/mol. The van der Waals surface area contributed by atoms with Gasteiger partial charge < -0.3 is 14.6 Å². The van der Waals surface area contributed by atoms with Crippen LogP contribution in [0.2, 0.25) is 10.0 Å². The molecule has 3 rings (SSSR count). The molecule has 156 valence electrons. The average Bonchev–Trinajstić information content (AvgIpc) is 2.95. The van der Waals surface area contributed by atoms with Crippen molar-refractivity contribution in [1.29, 1.82) is 0 Å². The molecule has 0 radical (unpaired) electrons. The molecule has 1 N–H and O–H groups in total. The van der Waals surface area contributed by atoms with Crippen molar-refractivity contribution in [3.05, 3.63) is 62.5 Å². The van der Waals surface area contributed by atoms with Gasteiger partial charge in [0, 0.05) is 15.6 Å². The monoisotopic (exact) mass is 483 g/mol. The second-order valence-electron chi connectivity index (χ2n) is 6.06. The second kappa shape index (κ2) is 9.70. The molecule has 1 fully saturated rings. The first kappa shape index (κ1) is 22.4. The van der Waals surface area contributed by atoms with Crippen molar-refractivity contribution in [3.8, 4) is 11.5 Å². The van der Waals surface area contributed by atoms with Crippen LogP contribution in [0.4, 0.5) is 0 Å². The number of nitrogens with zero attached hydrogens (tertiary/aromatic N) is 1. The summed E-state index contributed by atoms with van der Waals surface area (Å²) in [6.45, 7) is -0.315. The molecule has 10 heteroatoms. The van der Waals surface area contributed by atoms with Crippen LogP contribution in [0.3, 0.4) is 0 Å². The van der Waals surface area contributed by atoms with Crippen molar-refractivity contribution in [2.75, 3.05) is 13.7 Å². The first-order valence-corrected chi connectivity index (χ1v) is 10.5. The number of carboxylic acids is 1. The van der Waals surface area contributed by atoms with Gasteiger partial charge in [-0.2, -0.15) is 0 Å². The topological polar surface area (TPSA) is 76.1 Å². The number of amides is 1. The van der Waals surface area contributed by atoms with E-state index < -0.39 is 18.4 Å². The van der Waals surface area contributed by atoms with Gasteiger partial charge in [0.1, 0.15) is 17.5 Å². The molecule has 1 saturated heterocycles. The summed E-state index contributed by atoms with van der Waals surface area (Å²) < 4.78 is 11.4. The quantitative estimate of drug-likeness (QED) is 0.444. The van der Waals surface area contributed by atoms with E-state index in [1.54, 1.807) is 42.5 Å². The molecule has 0 saturated carbocycles. The minimum Gasteiger partial charge on any atom is -0.493 e. The maximum Gasteiger partial charge on any atom is 0.323 e. The van der Waals surface area contributed by atoms with E-state index in [-0.39, 0.29) is 10.9 Å². The van der Waals surface area contributed by atoms with Crippen LogP contribution in [0.1, 0.15) is 11.1 Å². The minimum absolute atomic E-state index is 0.155. The van der Waals surface area contributed by atoms with Crippen LogP contribution >= 0.6 is 47.2 Å². The summed E-state index contributed by atoms with van der Waals surface area (Å²) in [5, 5.41) is 9.92. The number of thiocarbonyl (C=S) groups is 1. The van der Waals surface area contributed by atoms with E-state index in [0.29, 0.717) is 37.6 Å². The van der Waals surface area contributed by atoms with Crippen molar-refractivity contribution in [3.63, 3.8) is 0 Å². The lowest BCUT2D eigenvalue weighted by Gasteiger charge is -2.13. The third-order valence-corrected chi connectivity index (χ3v) is 6.17. The van der Waals surface area contributed by atoms with E-state index >= 15 is 0 Å². The zero-order chi connectivity index (χ0) is 21.8.